The zero-order chi connectivity index (χ0) is 33.8. The lowest BCUT2D eigenvalue weighted by Gasteiger charge is -2.24. The number of nitrogens with one attached hydrogen (secondary N) is 3. The first-order valence-corrected chi connectivity index (χ1v) is 15.8. The summed E-state index contributed by atoms with van der Waals surface area (Å²) in [5, 5.41) is 9.33. The van der Waals surface area contributed by atoms with Crippen molar-refractivity contribution in [2.24, 2.45) is 13.0 Å². The zero-order valence-electron chi connectivity index (χ0n) is 28.0. The topological polar surface area (TPSA) is 133 Å². The average Bonchev–Trinajstić information content (AvgIpc) is 3.20. The summed E-state index contributed by atoms with van der Waals surface area (Å²) in [7, 11) is 6.60. The van der Waals surface area contributed by atoms with E-state index in [2.05, 4.69) is 20.9 Å². The molecular weight excluding hydrogens is 598 g/mol. The van der Waals surface area contributed by atoms with Crippen LogP contribution in [0.2, 0.25) is 0 Å². The summed E-state index contributed by atoms with van der Waals surface area (Å²) >= 11 is 0. The Hall–Kier alpha value is -5.06. The molecule has 0 fully saturated rings. The Kier molecular flexibility index (Phi) is 10.0. The summed E-state index contributed by atoms with van der Waals surface area (Å²) in [5.74, 6) is 1.61. The molecule has 1 heterocycles. The minimum atomic E-state index is -0.693. The van der Waals surface area contributed by atoms with Gasteiger partial charge in [-0.3, -0.25) is 14.4 Å². The number of carbonyl (C=O) groups excluding carboxylic acids is 2. The van der Waals surface area contributed by atoms with E-state index in [9.17, 15) is 14.4 Å². The van der Waals surface area contributed by atoms with Crippen molar-refractivity contribution in [2.45, 2.75) is 58.7 Å². The molecule has 1 aromatic heterocycles. The third-order valence-electron chi connectivity index (χ3n) is 9.02. The van der Waals surface area contributed by atoms with Crippen molar-refractivity contribution in [3.63, 3.8) is 0 Å². The van der Waals surface area contributed by atoms with Gasteiger partial charge in [0.1, 0.15) is 11.9 Å². The number of aryl methyl sites for hydroxylation is 2. The quantitative estimate of drug-likeness (QED) is 0.211. The molecule has 0 bridgehead atoms. The van der Waals surface area contributed by atoms with E-state index in [1.807, 2.05) is 61.9 Å². The van der Waals surface area contributed by atoms with Crippen LogP contribution in [0.1, 0.15) is 56.6 Å². The second-order valence-electron chi connectivity index (χ2n) is 11.9. The van der Waals surface area contributed by atoms with Crippen LogP contribution in [0.3, 0.4) is 0 Å². The number of para-hydroxylation sites is 2. The third-order valence-corrected chi connectivity index (χ3v) is 9.02. The van der Waals surface area contributed by atoms with E-state index in [1.165, 1.54) is 6.92 Å². The van der Waals surface area contributed by atoms with Gasteiger partial charge in [0.05, 0.1) is 50.6 Å². The van der Waals surface area contributed by atoms with E-state index >= 15 is 0 Å². The second-order valence-corrected chi connectivity index (χ2v) is 11.9. The normalized spacial score (nSPS) is 15.0. The number of benzene rings is 2. The molecule has 11 heteroatoms. The van der Waals surface area contributed by atoms with Crippen molar-refractivity contribution < 1.29 is 23.8 Å². The van der Waals surface area contributed by atoms with Crippen LogP contribution in [0.5, 0.6) is 17.2 Å². The number of imidazole rings is 1. The molecule has 2 amide bonds. The fraction of sp³-hybridized carbons (Fsp3) is 0.389. The van der Waals surface area contributed by atoms with Crippen LogP contribution in [0.4, 0.5) is 5.69 Å². The summed E-state index contributed by atoms with van der Waals surface area (Å²) < 4.78 is 19.2. The molecule has 5 rings (SSSR count). The van der Waals surface area contributed by atoms with Gasteiger partial charge in [-0.25, -0.2) is 4.98 Å². The van der Waals surface area contributed by atoms with Crippen molar-refractivity contribution in [1.29, 1.82) is 0 Å². The van der Waals surface area contributed by atoms with E-state index < -0.39 is 12.1 Å². The number of carbonyl (C=O) groups is 2. The zero-order valence-corrected chi connectivity index (χ0v) is 28.0. The fourth-order valence-corrected chi connectivity index (χ4v) is 6.33. The molecular formula is C36H43N5O6. The molecule has 47 heavy (non-hydrogen) atoms. The number of ether oxygens (including phenoxy) is 3. The summed E-state index contributed by atoms with van der Waals surface area (Å²) in [6, 6.07) is 13.7. The van der Waals surface area contributed by atoms with Crippen LogP contribution in [-0.4, -0.2) is 48.7 Å². The lowest BCUT2D eigenvalue weighted by Crippen LogP contribution is -2.44. The molecule has 0 saturated carbocycles. The highest BCUT2D eigenvalue weighted by Crippen LogP contribution is 2.50. The van der Waals surface area contributed by atoms with Crippen molar-refractivity contribution in [1.82, 2.24) is 20.2 Å². The minimum absolute atomic E-state index is 0.0946. The molecule has 248 valence electrons. The number of amides is 2. The highest BCUT2D eigenvalue weighted by atomic mass is 16.5. The predicted molar refractivity (Wildman–Crippen MR) is 182 cm³/mol. The van der Waals surface area contributed by atoms with Crippen LogP contribution in [0, 0.1) is 5.92 Å². The molecule has 3 atom stereocenters. The van der Waals surface area contributed by atoms with Gasteiger partial charge in [-0.15, -0.1) is 0 Å². The van der Waals surface area contributed by atoms with Gasteiger partial charge in [0.15, 0.2) is 11.5 Å². The number of hydrogen-bond acceptors (Lipinski definition) is 8. The standard InChI is InChI=1S/C36H43N5O6/c1-8-20(2)33(36(44)37-19-31-39-26-11-9-10-12-28(26)41(31)4)40-27-16-14-23-24(18-29(27)43)25(38-21(3)42)15-13-22-17-30(45-5)34(46-6)35(47-7)32(22)23/h9-12,14,16-18,20,25,33H,8,13,15,19H2,1-7H3,(H,37,44)(H,38,42)(H,40,43)/t20-,25+,33-/m0/s1. The summed E-state index contributed by atoms with van der Waals surface area (Å²) in [4.78, 5) is 44.6. The van der Waals surface area contributed by atoms with Gasteiger partial charge >= 0.3 is 0 Å². The molecule has 1 aliphatic rings. The Morgan fingerprint density at radius 2 is 1.79 bits per heavy atom. The van der Waals surface area contributed by atoms with Crippen molar-refractivity contribution in [3.8, 4) is 28.4 Å². The lowest BCUT2D eigenvalue weighted by molar-refractivity contribution is -0.123. The van der Waals surface area contributed by atoms with Gasteiger partial charge in [0, 0.05) is 19.5 Å². The Morgan fingerprint density at radius 3 is 2.45 bits per heavy atom. The maximum atomic E-state index is 13.9. The van der Waals surface area contributed by atoms with Gasteiger partial charge in [0.25, 0.3) is 0 Å². The molecule has 0 aliphatic heterocycles. The highest BCUT2D eigenvalue weighted by Gasteiger charge is 2.30. The SMILES string of the molecule is CC[C@H](C)[C@H](Nc1ccc2c(cc1=O)[C@H](NC(C)=O)CCc1cc(OC)c(OC)c(OC)c1-2)C(=O)NCc1nc2ccccc2n1C. The van der Waals surface area contributed by atoms with Gasteiger partial charge in [-0.2, -0.15) is 0 Å². The van der Waals surface area contributed by atoms with Crippen LogP contribution >= 0.6 is 0 Å². The fourth-order valence-electron chi connectivity index (χ4n) is 6.33. The summed E-state index contributed by atoms with van der Waals surface area (Å²) in [6.07, 6.45) is 1.85. The maximum Gasteiger partial charge on any atom is 0.243 e. The number of methoxy groups -OCH3 is 3. The Morgan fingerprint density at radius 1 is 1.04 bits per heavy atom. The van der Waals surface area contributed by atoms with Crippen LogP contribution < -0.4 is 35.6 Å². The van der Waals surface area contributed by atoms with Crippen molar-refractivity contribution in [2.75, 3.05) is 26.6 Å². The minimum Gasteiger partial charge on any atom is -0.493 e. The van der Waals surface area contributed by atoms with Gasteiger partial charge in [-0.1, -0.05) is 38.5 Å². The molecule has 0 unspecified atom stereocenters. The molecule has 1 aliphatic carbocycles. The molecule has 0 radical (unpaired) electrons. The van der Waals surface area contributed by atoms with E-state index in [1.54, 1.807) is 33.5 Å². The number of rotatable bonds is 11. The number of hydrogen-bond donors (Lipinski definition) is 3. The van der Waals surface area contributed by atoms with Gasteiger partial charge in [-0.05, 0) is 65.8 Å². The van der Waals surface area contributed by atoms with Crippen molar-refractivity contribution in [3.05, 3.63) is 75.7 Å². The highest BCUT2D eigenvalue weighted by molar-refractivity contribution is 5.86. The first-order chi connectivity index (χ1) is 22.6. The van der Waals surface area contributed by atoms with Crippen molar-refractivity contribution >= 4 is 28.5 Å². The largest absolute Gasteiger partial charge is 0.493 e. The third kappa shape index (κ3) is 6.61. The van der Waals surface area contributed by atoms with E-state index in [0.29, 0.717) is 47.6 Å². The van der Waals surface area contributed by atoms with Crippen LogP contribution in [0.15, 0.2) is 53.3 Å². The molecule has 3 aromatic carbocycles. The van der Waals surface area contributed by atoms with Crippen LogP contribution in [0.25, 0.3) is 22.2 Å². The Bertz CT molecular complexity index is 1870. The number of anilines is 1. The average molecular weight is 642 g/mol. The molecule has 0 spiro atoms. The summed E-state index contributed by atoms with van der Waals surface area (Å²) in [5.41, 5.74) is 4.85. The number of aromatic nitrogens is 2. The Labute approximate surface area is 274 Å². The summed E-state index contributed by atoms with van der Waals surface area (Å²) in [6.45, 7) is 5.68. The maximum absolute atomic E-state index is 13.9. The second kappa shape index (κ2) is 14.1. The molecule has 11 nitrogen and oxygen atoms in total. The van der Waals surface area contributed by atoms with E-state index in [0.717, 1.165) is 28.0 Å². The predicted octanol–water partition coefficient (Wildman–Crippen LogP) is 4.89. The molecule has 0 saturated heterocycles. The first kappa shape index (κ1) is 33.3. The number of nitrogens with zero attached hydrogens (tertiary/aromatic N) is 2. The van der Waals surface area contributed by atoms with Gasteiger partial charge < -0.3 is 34.7 Å². The van der Waals surface area contributed by atoms with Gasteiger partial charge in [0.2, 0.25) is 23.0 Å². The Balaban J connectivity index is 1.55. The first-order valence-electron chi connectivity index (χ1n) is 15.8. The lowest BCUT2D eigenvalue weighted by atomic mass is 9.95. The number of fused-ring (bicyclic) bond motifs is 4. The molecule has 4 aromatic rings. The smallest absolute Gasteiger partial charge is 0.243 e. The van der Waals surface area contributed by atoms with Crippen LogP contribution in [-0.2, 0) is 29.6 Å². The van der Waals surface area contributed by atoms with E-state index in [4.69, 9.17) is 14.2 Å². The van der Waals surface area contributed by atoms with E-state index in [-0.39, 0.29) is 35.4 Å². The monoisotopic (exact) mass is 641 g/mol. The molecule has 3 N–H and O–H groups in total.